The molecule has 2 rings (SSSR count). The molecule has 0 atom stereocenters. The molecule has 19 heavy (non-hydrogen) atoms. The lowest BCUT2D eigenvalue weighted by Gasteiger charge is -2.23. The Morgan fingerprint density at radius 2 is 2.32 bits per heavy atom. The monoisotopic (exact) mass is 394 g/mol. The van der Waals surface area contributed by atoms with Gasteiger partial charge in [0.1, 0.15) is 5.01 Å². The summed E-state index contributed by atoms with van der Waals surface area (Å²) in [5.41, 5.74) is 0.398. The van der Waals surface area contributed by atoms with Crippen molar-refractivity contribution in [2.45, 2.75) is 33.7 Å². The van der Waals surface area contributed by atoms with Gasteiger partial charge in [-0.3, -0.25) is 4.99 Å². The van der Waals surface area contributed by atoms with E-state index in [4.69, 9.17) is 0 Å². The third-order valence-electron chi connectivity index (χ3n) is 3.26. The lowest BCUT2D eigenvalue weighted by atomic mass is 9.93. The molecule has 1 aliphatic rings. The average molecular weight is 394 g/mol. The van der Waals surface area contributed by atoms with Crippen LogP contribution >= 0.6 is 35.3 Å². The first-order valence-corrected chi connectivity index (χ1v) is 7.19. The van der Waals surface area contributed by atoms with Gasteiger partial charge in [0.05, 0.1) is 6.54 Å². The van der Waals surface area contributed by atoms with E-state index in [2.05, 4.69) is 41.0 Å². The van der Waals surface area contributed by atoms with E-state index < -0.39 is 0 Å². The van der Waals surface area contributed by atoms with Gasteiger partial charge in [0.2, 0.25) is 0 Å². The molecule has 1 fully saturated rings. The van der Waals surface area contributed by atoms with Crippen LogP contribution in [0.3, 0.4) is 0 Å². The number of hydrogen-bond donors (Lipinski definition) is 1. The normalized spacial score (nSPS) is 18.3. The summed E-state index contributed by atoms with van der Waals surface area (Å²) in [6, 6.07) is 0. The van der Waals surface area contributed by atoms with Crippen LogP contribution in [0.25, 0.3) is 0 Å². The molecule has 1 aliphatic heterocycles. The second-order valence-corrected chi connectivity index (χ2v) is 6.92. The molecule has 108 valence electrons. The van der Waals surface area contributed by atoms with E-state index in [0.717, 1.165) is 30.6 Å². The minimum absolute atomic E-state index is 0. The van der Waals surface area contributed by atoms with Crippen molar-refractivity contribution < 1.29 is 0 Å². The van der Waals surface area contributed by atoms with Crippen molar-refractivity contribution in [3.8, 4) is 0 Å². The van der Waals surface area contributed by atoms with E-state index in [1.807, 2.05) is 13.2 Å². The van der Waals surface area contributed by atoms with Gasteiger partial charge in [-0.25, -0.2) is 4.98 Å². The van der Waals surface area contributed by atoms with Crippen molar-refractivity contribution >= 4 is 41.3 Å². The molecule has 2 heterocycles. The molecule has 4 nitrogen and oxygen atoms in total. The molecule has 0 unspecified atom stereocenters. The molecule has 1 aromatic rings. The van der Waals surface area contributed by atoms with Crippen molar-refractivity contribution in [3.63, 3.8) is 0 Å². The fourth-order valence-electron chi connectivity index (χ4n) is 2.26. The zero-order valence-electron chi connectivity index (χ0n) is 12.1. The van der Waals surface area contributed by atoms with E-state index in [1.54, 1.807) is 11.3 Å². The van der Waals surface area contributed by atoms with E-state index in [1.165, 1.54) is 11.3 Å². The van der Waals surface area contributed by atoms with E-state index in [9.17, 15) is 0 Å². The highest BCUT2D eigenvalue weighted by atomic mass is 127. The molecule has 0 amide bonds. The Kier molecular flexibility index (Phi) is 6.04. The smallest absolute Gasteiger partial charge is 0.194 e. The minimum Gasteiger partial charge on any atom is -0.350 e. The SMILES string of the molecule is CN=C(NCc1ncc(C)s1)N1CCC(C)(C)C1.I. The van der Waals surface area contributed by atoms with Crippen LogP contribution in [0.4, 0.5) is 0 Å². The second-order valence-electron chi connectivity index (χ2n) is 5.60. The number of nitrogens with zero attached hydrogens (tertiary/aromatic N) is 3. The number of halogens is 1. The summed E-state index contributed by atoms with van der Waals surface area (Å²) in [6.07, 6.45) is 3.15. The van der Waals surface area contributed by atoms with E-state index in [0.29, 0.717) is 5.41 Å². The maximum absolute atomic E-state index is 4.37. The van der Waals surface area contributed by atoms with Crippen molar-refractivity contribution in [1.82, 2.24) is 15.2 Å². The summed E-state index contributed by atoms with van der Waals surface area (Å²) in [6.45, 7) is 9.63. The molecule has 6 heteroatoms. The number of aryl methyl sites for hydroxylation is 1. The van der Waals surface area contributed by atoms with Gasteiger partial charge in [-0.2, -0.15) is 0 Å². The highest BCUT2D eigenvalue weighted by molar-refractivity contribution is 14.0. The van der Waals surface area contributed by atoms with Crippen molar-refractivity contribution in [2.75, 3.05) is 20.1 Å². The van der Waals surface area contributed by atoms with Crippen LogP contribution in [0.1, 0.15) is 30.2 Å². The van der Waals surface area contributed by atoms with Gasteiger partial charge in [0.15, 0.2) is 5.96 Å². The Bertz CT molecular complexity index is 442. The van der Waals surface area contributed by atoms with E-state index in [-0.39, 0.29) is 24.0 Å². The maximum atomic E-state index is 4.37. The van der Waals surface area contributed by atoms with Crippen molar-refractivity contribution in [3.05, 3.63) is 16.1 Å². The van der Waals surface area contributed by atoms with Gasteiger partial charge >= 0.3 is 0 Å². The zero-order valence-corrected chi connectivity index (χ0v) is 15.2. The molecule has 0 saturated carbocycles. The molecule has 1 aromatic heterocycles. The fourth-order valence-corrected chi connectivity index (χ4v) is 2.99. The predicted octanol–water partition coefficient (Wildman–Crippen LogP) is 2.88. The Balaban J connectivity index is 0.00000180. The minimum atomic E-state index is 0. The first-order valence-electron chi connectivity index (χ1n) is 6.37. The number of aliphatic imine (C=N–C) groups is 1. The van der Waals surface area contributed by atoms with E-state index >= 15 is 0 Å². The highest BCUT2D eigenvalue weighted by Gasteiger charge is 2.30. The number of likely N-dealkylation sites (tertiary alicyclic amines) is 1. The first kappa shape index (κ1) is 16.7. The summed E-state index contributed by atoms with van der Waals surface area (Å²) in [5.74, 6) is 0.994. The molecule has 0 aromatic carbocycles. The fraction of sp³-hybridized carbons (Fsp3) is 0.692. The van der Waals surface area contributed by atoms with Gasteiger partial charge in [0, 0.05) is 31.2 Å². The third-order valence-corrected chi connectivity index (χ3v) is 4.17. The van der Waals surface area contributed by atoms with Crippen LogP contribution in [0.5, 0.6) is 0 Å². The standard InChI is InChI=1S/C13H22N4S.HI/c1-10-7-15-11(18-10)8-16-12(14-4)17-6-5-13(2,3)9-17;/h7H,5-6,8-9H2,1-4H3,(H,14,16);1H. The number of aromatic nitrogens is 1. The molecule has 0 aliphatic carbocycles. The number of thiazole rings is 1. The molecule has 1 N–H and O–H groups in total. The van der Waals surface area contributed by atoms with Gasteiger partial charge in [-0.1, -0.05) is 13.8 Å². The Labute approximate surface area is 136 Å². The molecule has 0 bridgehead atoms. The van der Waals surface area contributed by atoms with Gasteiger partial charge in [-0.05, 0) is 18.8 Å². The van der Waals surface area contributed by atoms with Crippen LogP contribution in [0.2, 0.25) is 0 Å². The quantitative estimate of drug-likeness (QED) is 0.477. The number of nitrogens with one attached hydrogen (secondary N) is 1. The van der Waals surface area contributed by atoms with Gasteiger partial charge in [0.25, 0.3) is 0 Å². The zero-order chi connectivity index (χ0) is 13.2. The highest BCUT2D eigenvalue weighted by Crippen LogP contribution is 2.28. The molecule has 0 radical (unpaired) electrons. The summed E-state index contributed by atoms with van der Waals surface area (Å²) >= 11 is 1.74. The molecule has 0 spiro atoms. The summed E-state index contributed by atoms with van der Waals surface area (Å²) in [7, 11) is 1.85. The largest absolute Gasteiger partial charge is 0.350 e. The Hall–Kier alpha value is -0.370. The number of rotatable bonds is 2. The molecule has 1 saturated heterocycles. The van der Waals surface area contributed by atoms with Crippen LogP contribution in [-0.4, -0.2) is 36.0 Å². The van der Waals surface area contributed by atoms with Gasteiger partial charge in [-0.15, -0.1) is 35.3 Å². The Morgan fingerprint density at radius 3 is 2.79 bits per heavy atom. The lowest BCUT2D eigenvalue weighted by Crippen LogP contribution is -2.40. The topological polar surface area (TPSA) is 40.5 Å². The van der Waals surface area contributed by atoms with Gasteiger partial charge < -0.3 is 10.2 Å². The lowest BCUT2D eigenvalue weighted by molar-refractivity contribution is 0.370. The first-order chi connectivity index (χ1) is 8.50. The third kappa shape index (κ3) is 4.59. The van der Waals surface area contributed by atoms with Crippen LogP contribution in [0.15, 0.2) is 11.2 Å². The predicted molar refractivity (Wildman–Crippen MR) is 92.4 cm³/mol. The summed E-state index contributed by atoms with van der Waals surface area (Å²) in [5, 5.41) is 4.52. The summed E-state index contributed by atoms with van der Waals surface area (Å²) < 4.78 is 0. The average Bonchev–Trinajstić information content (AvgIpc) is 2.86. The van der Waals surface area contributed by atoms with Crippen molar-refractivity contribution in [1.29, 1.82) is 0 Å². The van der Waals surface area contributed by atoms with Crippen LogP contribution < -0.4 is 5.32 Å². The van der Waals surface area contributed by atoms with Crippen LogP contribution in [-0.2, 0) is 6.54 Å². The second kappa shape index (κ2) is 6.88. The van der Waals surface area contributed by atoms with Crippen LogP contribution in [0, 0.1) is 12.3 Å². The number of guanidine groups is 1. The maximum Gasteiger partial charge on any atom is 0.194 e. The number of hydrogen-bond acceptors (Lipinski definition) is 3. The molecular formula is C13H23IN4S. The summed E-state index contributed by atoms with van der Waals surface area (Å²) in [4.78, 5) is 12.3. The molecular weight excluding hydrogens is 371 g/mol. The Morgan fingerprint density at radius 1 is 1.58 bits per heavy atom. The van der Waals surface area contributed by atoms with Crippen molar-refractivity contribution in [2.24, 2.45) is 10.4 Å².